The van der Waals surface area contributed by atoms with Crippen LogP contribution in [0.1, 0.15) is 15.9 Å². The first-order valence-corrected chi connectivity index (χ1v) is 7.14. The van der Waals surface area contributed by atoms with E-state index in [1.54, 1.807) is 25.3 Å². The third-order valence-corrected chi connectivity index (χ3v) is 3.51. The Kier molecular flexibility index (Phi) is 4.85. The van der Waals surface area contributed by atoms with E-state index in [0.717, 1.165) is 10.0 Å². The van der Waals surface area contributed by atoms with Gasteiger partial charge in [-0.2, -0.15) is 0 Å². The Morgan fingerprint density at radius 3 is 2.43 bits per heavy atom. The van der Waals surface area contributed by atoms with E-state index >= 15 is 0 Å². The molecule has 21 heavy (non-hydrogen) atoms. The standard InChI is InChI=1S/C16H16BrNO3/c1-10-4-7-13(15(8-10)21-3)18-16(19)12-6-5-11(17)9-14(12)20-2/h4-9H,1-3H3,(H,18,19). The Morgan fingerprint density at radius 2 is 1.76 bits per heavy atom. The minimum absolute atomic E-state index is 0.249. The van der Waals surface area contributed by atoms with Gasteiger partial charge >= 0.3 is 0 Å². The number of methoxy groups -OCH3 is 2. The second kappa shape index (κ2) is 6.63. The normalized spacial score (nSPS) is 10.1. The summed E-state index contributed by atoms with van der Waals surface area (Å²) in [6.45, 7) is 1.96. The monoisotopic (exact) mass is 349 g/mol. The minimum Gasteiger partial charge on any atom is -0.496 e. The van der Waals surface area contributed by atoms with E-state index in [-0.39, 0.29) is 5.91 Å². The van der Waals surface area contributed by atoms with Gasteiger partial charge in [0.15, 0.2) is 0 Å². The number of carbonyl (C=O) groups excluding carboxylic acids is 1. The molecule has 110 valence electrons. The third-order valence-electron chi connectivity index (χ3n) is 3.01. The Labute approximate surface area is 132 Å². The van der Waals surface area contributed by atoms with Crippen molar-refractivity contribution in [2.45, 2.75) is 6.92 Å². The molecule has 0 radical (unpaired) electrons. The molecule has 0 heterocycles. The number of anilines is 1. The lowest BCUT2D eigenvalue weighted by Crippen LogP contribution is -2.14. The topological polar surface area (TPSA) is 47.6 Å². The highest BCUT2D eigenvalue weighted by Crippen LogP contribution is 2.28. The zero-order valence-electron chi connectivity index (χ0n) is 12.1. The summed E-state index contributed by atoms with van der Waals surface area (Å²) >= 11 is 3.35. The molecule has 0 atom stereocenters. The summed E-state index contributed by atoms with van der Waals surface area (Å²) in [5.74, 6) is 0.883. The van der Waals surface area contributed by atoms with Crippen LogP contribution in [0.4, 0.5) is 5.69 Å². The van der Waals surface area contributed by atoms with Crippen LogP contribution >= 0.6 is 15.9 Å². The lowest BCUT2D eigenvalue weighted by molar-refractivity contribution is 0.102. The molecule has 0 spiro atoms. The maximum atomic E-state index is 12.4. The van der Waals surface area contributed by atoms with Crippen LogP contribution in [0.3, 0.4) is 0 Å². The van der Waals surface area contributed by atoms with Gasteiger partial charge in [0.1, 0.15) is 11.5 Å². The summed E-state index contributed by atoms with van der Waals surface area (Å²) in [5.41, 5.74) is 2.15. The van der Waals surface area contributed by atoms with Gasteiger partial charge in [0.2, 0.25) is 0 Å². The number of amides is 1. The third kappa shape index (κ3) is 3.55. The molecule has 0 saturated heterocycles. The van der Waals surface area contributed by atoms with Crippen molar-refractivity contribution in [1.29, 1.82) is 0 Å². The molecule has 2 rings (SSSR count). The average Bonchev–Trinajstić information content (AvgIpc) is 2.48. The second-order valence-corrected chi connectivity index (χ2v) is 5.42. The molecule has 2 aromatic carbocycles. The molecule has 0 aliphatic heterocycles. The predicted molar refractivity (Wildman–Crippen MR) is 86.4 cm³/mol. The highest BCUT2D eigenvalue weighted by Gasteiger charge is 2.14. The van der Waals surface area contributed by atoms with Gasteiger partial charge in [-0.1, -0.05) is 22.0 Å². The van der Waals surface area contributed by atoms with Crippen LogP contribution in [0, 0.1) is 6.92 Å². The molecule has 0 aliphatic carbocycles. The Hall–Kier alpha value is -2.01. The molecule has 0 aliphatic rings. The number of hydrogen-bond donors (Lipinski definition) is 1. The van der Waals surface area contributed by atoms with Crippen molar-refractivity contribution in [2.24, 2.45) is 0 Å². The van der Waals surface area contributed by atoms with Crippen LogP contribution in [0.5, 0.6) is 11.5 Å². The van der Waals surface area contributed by atoms with E-state index in [2.05, 4.69) is 21.2 Å². The van der Waals surface area contributed by atoms with Crippen molar-refractivity contribution in [3.63, 3.8) is 0 Å². The van der Waals surface area contributed by atoms with Crippen LogP contribution < -0.4 is 14.8 Å². The van der Waals surface area contributed by atoms with Gasteiger partial charge in [-0.15, -0.1) is 0 Å². The largest absolute Gasteiger partial charge is 0.496 e. The SMILES string of the molecule is COc1cc(C)ccc1NC(=O)c1ccc(Br)cc1OC. The number of hydrogen-bond acceptors (Lipinski definition) is 3. The Balaban J connectivity index is 2.30. The van der Waals surface area contributed by atoms with Gasteiger partial charge in [-0.05, 0) is 42.8 Å². The molecule has 0 unspecified atom stereocenters. The highest BCUT2D eigenvalue weighted by atomic mass is 79.9. The molecule has 0 fully saturated rings. The predicted octanol–water partition coefficient (Wildman–Crippen LogP) is 4.03. The second-order valence-electron chi connectivity index (χ2n) is 4.50. The lowest BCUT2D eigenvalue weighted by Gasteiger charge is -2.13. The fraction of sp³-hybridized carbons (Fsp3) is 0.188. The van der Waals surface area contributed by atoms with Crippen molar-refractivity contribution < 1.29 is 14.3 Å². The molecule has 0 bridgehead atoms. The minimum atomic E-state index is -0.249. The zero-order chi connectivity index (χ0) is 15.4. The van der Waals surface area contributed by atoms with E-state index in [0.29, 0.717) is 22.7 Å². The van der Waals surface area contributed by atoms with Gasteiger partial charge < -0.3 is 14.8 Å². The smallest absolute Gasteiger partial charge is 0.259 e. The molecule has 1 N–H and O–H groups in total. The number of benzene rings is 2. The van der Waals surface area contributed by atoms with Crippen LogP contribution in [0.15, 0.2) is 40.9 Å². The molecular formula is C16H16BrNO3. The molecule has 0 aromatic heterocycles. The first kappa shape index (κ1) is 15.4. The van der Waals surface area contributed by atoms with E-state index < -0.39 is 0 Å². The quantitative estimate of drug-likeness (QED) is 0.906. The summed E-state index contributed by atoms with van der Waals surface area (Å²) in [7, 11) is 3.11. The lowest BCUT2D eigenvalue weighted by atomic mass is 10.1. The summed E-state index contributed by atoms with van der Waals surface area (Å²) in [6, 6.07) is 10.9. The Morgan fingerprint density at radius 1 is 1.05 bits per heavy atom. The van der Waals surface area contributed by atoms with E-state index in [4.69, 9.17) is 9.47 Å². The van der Waals surface area contributed by atoms with Crippen molar-refractivity contribution in [3.8, 4) is 11.5 Å². The van der Waals surface area contributed by atoms with Crippen LogP contribution in [0.25, 0.3) is 0 Å². The van der Waals surface area contributed by atoms with Crippen LogP contribution in [-0.4, -0.2) is 20.1 Å². The molecular weight excluding hydrogens is 334 g/mol. The van der Waals surface area contributed by atoms with Crippen molar-refractivity contribution in [2.75, 3.05) is 19.5 Å². The zero-order valence-corrected chi connectivity index (χ0v) is 13.7. The summed E-state index contributed by atoms with van der Waals surface area (Å²) < 4.78 is 11.4. The number of rotatable bonds is 4. The maximum absolute atomic E-state index is 12.4. The number of aryl methyl sites for hydroxylation is 1. The van der Waals surface area contributed by atoms with Gasteiger partial charge in [0.05, 0.1) is 25.5 Å². The number of carbonyl (C=O) groups is 1. The number of ether oxygens (including phenoxy) is 2. The molecule has 2 aromatic rings. The maximum Gasteiger partial charge on any atom is 0.259 e. The molecule has 4 nitrogen and oxygen atoms in total. The van der Waals surface area contributed by atoms with Gasteiger partial charge in [-0.25, -0.2) is 0 Å². The molecule has 1 amide bonds. The van der Waals surface area contributed by atoms with Gasteiger partial charge in [0.25, 0.3) is 5.91 Å². The number of nitrogens with one attached hydrogen (secondary N) is 1. The van der Waals surface area contributed by atoms with Gasteiger partial charge in [0, 0.05) is 4.47 Å². The Bertz CT molecular complexity index is 671. The average molecular weight is 350 g/mol. The van der Waals surface area contributed by atoms with E-state index in [9.17, 15) is 4.79 Å². The fourth-order valence-corrected chi connectivity index (χ4v) is 2.28. The van der Waals surface area contributed by atoms with Gasteiger partial charge in [-0.3, -0.25) is 4.79 Å². The van der Waals surface area contributed by atoms with E-state index in [1.807, 2.05) is 25.1 Å². The first-order chi connectivity index (χ1) is 10.0. The van der Waals surface area contributed by atoms with Crippen molar-refractivity contribution in [1.82, 2.24) is 0 Å². The van der Waals surface area contributed by atoms with Crippen LogP contribution in [-0.2, 0) is 0 Å². The fourth-order valence-electron chi connectivity index (χ4n) is 1.94. The molecule has 5 heteroatoms. The summed E-state index contributed by atoms with van der Waals surface area (Å²) in [4.78, 5) is 12.4. The number of halogens is 1. The summed E-state index contributed by atoms with van der Waals surface area (Å²) in [6.07, 6.45) is 0. The highest BCUT2D eigenvalue weighted by molar-refractivity contribution is 9.10. The summed E-state index contributed by atoms with van der Waals surface area (Å²) in [5, 5.41) is 2.84. The van der Waals surface area contributed by atoms with Crippen molar-refractivity contribution in [3.05, 3.63) is 52.0 Å². The van der Waals surface area contributed by atoms with Crippen molar-refractivity contribution >= 4 is 27.5 Å². The van der Waals surface area contributed by atoms with Crippen LogP contribution in [0.2, 0.25) is 0 Å². The van der Waals surface area contributed by atoms with E-state index in [1.165, 1.54) is 7.11 Å². The first-order valence-electron chi connectivity index (χ1n) is 6.34. The molecule has 0 saturated carbocycles.